The first-order valence-corrected chi connectivity index (χ1v) is 14.5. The molecule has 4 aromatic rings. The van der Waals surface area contributed by atoms with Gasteiger partial charge >= 0.3 is 0 Å². The summed E-state index contributed by atoms with van der Waals surface area (Å²) in [6.07, 6.45) is 3.89. The Labute approximate surface area is 243 Å². The third-order valence-corrected chi connectivity index (χ3v) is 7.77. The Hall–Kier alpha value is -4.43. The van der Waals surface area contributed by atoms with Gasteiger partial charge in [-0.25, -0.2) is 4.98 Å². The van der Waals surface area contributed by atoms with Gasteiger partial charge in [0.05, 0.1) is 35.0 Å². The van der Waals surface area contributed by atoms with Crippen LogP contribution >= 0.6 is 11.3 Å². The number of ketones is 1. The molecule has 1 N–H and O–H groups in total. The molecule has 0 aliphatic carbocycles. The zero-order valence-electron chi connectivity index (χ0n) is 23.5. The van der Waals surface area contributed by atoms with Gasteiger partial charge in [0, 0.05) is 0 Å². The number of allylic oxidation sites excluding steroid dienone is 1. The van der Waals surface area contributed by atoms with Crippen molar-refractivity contribution in [2.45, 2.75) is 40.2 Å². The molecular weight excluding hydrogens is 536 g/mol. The van der Waals surface area contributed by atoms with Crippen LogP contribution in [0.4, 0.5) is 5.13 Å². The number of aliphatic hydroxyl groups excluding tert-OH is 1. The number of aliphatic hydroxyl groups is 1. The largest absolute Gasteiger partial charge is 0.503 e. The minimum Gasteiger partial charge on any atom is -0.503 e. The molecule has 0 saturated heterocycles. The second-order valence-electron chi connectivity index (χ2n) is 9.86. The fraction of sp³-hybridized carbons (Fsp3) is 0.242. The Kier molecular flexibility index (Phi) is 8.21. The van der Waals surface area contributed by atoms with Crippen LogP contribution in [0.1, 0.15) is 48.6 Å². The van der Waals surface area contributed by atoms with Gasteiger partial charge < -0.3 is 14.6 Å². The van der Waals surface area contributed by atoms with E-state index >= 15 is 0 Å². The van der Waals surface area contributed by atoms with Crippen molar-refractivity contribution in [1.29, 1.82) is 0 Å². The van der Waals surface area contributed by atoms with E-state index in [1.807, 2.05) is 70.2 Å². The third kappa shape index (κ3) is 5.60. The molecular formula is C33H32N2O5S. The molecule has 0 saturated carbocycles. The SMILES string of the molecule is CCCOc1ccc(C2C(C(=O)/C=C/c3ccccc3)=C(O)C(=O)N2c2nc3c(C)cc(C)cc3s2)cc1OCC. The molecule has 1 atom stereocenters. The van der Waals surface area contributed by atoms with Crippen LogP contribution in [-0.2, 0) is 9.59 Å². The predicted molar refractivity (Wildman–Crippen MR) is 163 cm³/mol. The molecule has 1 aromatic heterocycles. The Balaban J connectivity index is 1.64. The predicted octanol–water partition coefficient (Wildman–Crippen LogP) is 7.28. The number of fused-ring (bicyclic) bond motifs is 1. The van der Waals surface area contributed by atoms with E-state index in [1.54, 1.807) is 24.3 Å². The molecule has 2 heterocycles. The summed E-state index contributed by atoms with van der Waals surface area (Å²) in [7, 11) is 0. The van der Waals surface area contributed by atoms with Crippen LogP contribution < -0.4 is 14.4 Å². The smallest absolute Gasteiger partial charge is 0.296 e. The molecule has 41 heavy (non-hydrogen) atoms. The van der Waals surface area contributed by atoms with Gasteiger partial charge in [-0.1, -0.05) is 66.8 Å². The number of aromatic nitrogens is 1. The first kappa shape index (κ1) is 28.1. The highest BCUT2D eigenvalue weighted by Gasteiger charge is 2.45. The van der Waals surface area contributed by atoms with Gasteiger partial charge in [0.2, 0.25) is 0 Å². The maximum absolute atomic E-state index is 13.7. The van der Waals surface area contributed by atoms with E-state index in [-0.39, 0.29) is 5.57 Å². The standard InChI is InChI=1S/C33H32N2O5S/c1-5-16-40-25-15-13-23(19-26(25)39-6-2)30-28(24(36)14-12-22-10-8-7-9-11-22)31(37)32(38)35(30)33-34-29-21(4)17-20(3)18-27(29)41-33/h7-15,17-19,30,37H,5-6,16H2,1-4H3/b14-12+. The number of hydrogen-bond acceptors (Lipinski definition) is 7. The highest BCUT2D eigenvalue weighted by Crippen LogP contribution is 2.45. The lowest BCUT2D eigenvalue weighted by atomic mass is 9.95. The van der Waals surface area contributed by atoms with E-state index < -0.39 is 23.5 Å². The quantitative estimate of drug-likeness (QED) is 0.202. The Bertz CT molecular complexity index is 1670. The molecule has 0 fully saturated rings. The lowest BCUT2D eigenvalue weighted by molar-refractivity contribution is -0.117. The average molecular weight is 569 g/mol. The summed E-state index contributed by atoms with van der Waals surface area (Å²) < 4.78 is 12.7. The van der Waals surface area contributed by atoms with Crippen LogP contribution in [0.3, 0.4) is 0 Å². The summed E-state index contributed by atoms with van der Waals surface area (Å²) in [6, 6.07) is 17.9. The van der Waals surface area contributed by atoms with E-state index in [0.717, 1.165) is 33.3 Å². The number of aryl methyl sites for hydroxylation is 2. The van der Waals surface area contributed by atoms with Crippen LogP contribution in [0.5, 0.6) is 11.5 Å². The second-order valence-corrected chi connectivity index (χ2v) is 10.9. The first-order valence-electron chi connectivity index (χ1n) is 13.6. The van der Waals surface area contributed by atoms with Crippen molar-refractivity contribution in [3.63, 3.8) is 0 Å². The van der Waals surface area contributed by atoms with Crippen molar-refractivity contribution in [3.05, 3.63) is 100 Å². The van der Waals surface area contributed by atoms with E-state index in [4.69, 9.17) is 14.5 Å². The summed E-state index contributed by atoms with van der Waals surface area (Å²) in [5, 5.41) is 11.6. The number of ether oxygens (including phenoxy) is 2. The van der Waals surface area contributed by atoms with Gasteiger partial charge in [-0.05, 0) is 73.7 Å². The first-order chi connectivity index (χ1) is 19.8. The number of carbonyl (C=O) groups is 2. The minimum absolute atomic E-state index is 0.0148. The molecule has 0 radical (unpaired) electrons. The summed E-state index contributed by atoms with van der Waals surface area (Å²) in [4.78, 5) is 33.6. The van der Waals surface area contributed by atoms with Crippen molar-refractivity contribution < 1.29 is 24.2 Å². The maximum Gasteiger partial charge on any atom is 0.296 e. The molecule has 210 valence electrons. The molecule has 0 bridgehead atoms. The molecule has 8 heteroatoms. The Morgan fingerprint density at radius 2 is 1.83 bits per heavy atom. The minimum atomic E-state index is -0.920. The Morgan fingerprint density at radius 3 is 2.56 bits per heavy atom. The number of hydrogen-bond donors (Lipinski definition) is 1. The zero-order chi connectivity index (χ0) is 29.1. The zero-order valence-corrected chi connectivity index (χ0v) is 24.3. The normalized spacial score (nSPS) is 15.4. The summed E-state index contributed by atoms with van der Waals surface area (Å²) in [5.41, 5.74) is 4.26. The molecule has 1 aliphatic heterocycles. The van der Waals surface area contributed by atoms with Gasteiger partial charge in [0.25, 0.3) is 5.91 Å². The van der Waals surface area contributed by atoms with E-state index in [9.17, 15) is 14.7 Å². The highest BCUT2D eigenvalue weighted by atomic mass is 32.1. The fourth-order valence-corrected chi connectivity index (χ4v) is 6.12. The third-order valence-electron chi connectivity index (χ3n) is 6.77. The van der Waals surface area contributed by atoms with Crippen LogP contribution in [0.25, 0.3) is 16.3 Å². The number of amides is 1. The summed E-state index contributed by atoms with van der Waals surface area (Å²) in [5.74, 6) is -0.660. The van der Waals surface area contributed by atoms with Crippen LogP contribution in [-0.4, -0.2) is 35.0 Å². The van der Waals surface area contributed by atoms with Gasteiger partial charge in [0.1, 0.15) is 0 Å². The van der Waals surface area contributed by atoms with Crippen molar-refractivity contribution in [2.75, 3.05) is 18.1 Å². The lowest BCUT2D eigenvalue weighted by Crippen LogP contribution is -2.30. The number of nitrogens with zero attached hydrogens (tertiary/aromatic N) is 2. The van der Waals surface area contributed by atoms with Gasteiger partial charge in [0.15, 0.2) is 28.2 Å². The van der Waals surface area contributed by atoms with Crippen molar-refractivity contribution in [2.24, 2.45) is 0 Å². The van der Waals surface area contributed by atoms with E-state index in [1.165, 1.54) is 22.3 Å². The van der Waals surface area contributed by atoms with Gasteiger partial charge in [-0.2, -0.15) is 0 Å². The topological polar surface area (TPSA) is 89.0 Å². The highest BCUT2D eigenvalue weighted by molar-refractivity contribution is 7.22. The molecule has 1 unspecified atom stereocenters. The monoisotopic (exact) mass is 568 g/mol. The summed E-state index contributed by atoms with van der Waals surface area (Å²) >= 11 is 1.35. The molecule has 3 aromatic carbocycles. The van der Waals surface area contributed by atoms with E-state index in [2.05, 4.69) is 0 Å². The maximum atomic E-state index is 13.7. The van der Waals surface area contributed by atoms with E-state index in [0.29, 0.717) is 35.4 Å². The van der Waals surface area contributed by atoms with Crippen LogP contribution in [0.2, 0.25) is 0 Å². The molecule has 5 rings (SSSR count). The summed E-state index contributed by atoms with van der Waals surface area (Å²) in [6.45, 7) is 8.81. The fourth-order valence-electron chi connectivity index (χ4n) is 4.95. The Morgan fingerprint density at radius 1 is 1.05 bits per heavy atom. The number of thiazole rings is 1. The van der Waals surface area contributed by atoms with Crippen molar-refractivity contribution in [1.82, 2.24) is 4.98 Å². The molecule has 1 aliphatic rings. The number of rotatable bonds is 10. The van der Waals surface area contributed by atoms with Crippen molar-refractivity contribution >= 4 is 44.5 Å². The van der Waals surface area contributed by atoms with Gasteiger partial charge in [-0.15, -0.1) is 0 Å². The average Bonchev–Trinajstić information content (AvgIpc) is 3.50. The second kappa shape index (κ2) is 12.0. The van der Waals surface area contributed by atoms with Crippen LogP contribution in [0, 0.1) is 13.8 Å². The number of carbonyl (C=O) groups excluding carboxylic acids is 2. The van der Waals surface area contributed by atoms with Gasteiger partial charge in [-0.3, -0.25) is 14.5 Å². The molecule has 1 amide bonds. The van der Waals surface area contributed by atoms with Crippen molar-refractivity contribution in [3.8, 4) is 11.5 Å². The molecule has 0 spiro atoms. The van der Waals surface area contributed by atoms with Crippen LogP contribution in [0.15, 0.2) is 78.1 Å². The lowest BCUT2D eigenvalue weighted by Gasteiger charge is -2.25. The molecule has 7 nitrogen and oxygen atoms in total. The number of benzene rings is 3. The number of anilines is 1.